The van der Waals surface area contributed by atoms with Crippen molar-refractivity contribution >= 4 is 12.0 Å². The Morgan fingerprint density at radius 2 is 1.81 bits per heavy atom. The maximum Gasteiger partial charge on any atom is 0.407 e. The second kappa shape index (κ2) is 9.99. The second-order valence-corrected chi connectivity index (χ2v) is 8.61. The molecule has 1 aromatic heterocycles. The first-order chi connectivity index (χ1) is 15.2. The standard InChI is InChI=1S/C24H31N3O5/c1-16-20(15-25-23(29)32-24(2,3)4)19(22(28)27-10-12-31-13-11-27)14-21(26-16)17-6-8-18(30-5)9-7-17/h6-9,14H,10-13,15H2,1-5H3,(H,25,29). The Bertz CT molecular complexity index is 961. The zero-order valence-corrected chi connectivity index (χ0v) is 19.4. The van der Waals surface area contributed by atoms with Gasteiger partial charge in [-0.25, -0.2) is 4.79 Å². The molecule has 2 heterocycles. The highest BCUT2D eigenvalue weighted by Gasteiger charge is 2.24. The summed E-state index contributed by atoms with van der Waals surface area (Å²) in [7, 11) is 1.61. The Morgan fingerprint density at radius 3 is 2.41 bits per heavy atom. The van der Waals surface area contributed by atoms with Gasteiger partial charge in [-0.3, -0.25) is 9.78 Å². The number of carbonyl (C=O) groups is 2. The van der Waals surface area contributed by atoms with Gasteiger partial charge in [-0.1, -0.05) is 0 Å². The largest absolute Gasteiger partial charge is 0.497 e. The van der Waals surface area contributed by atoms with Gasteiger partial charge in [0.05, 0.1) is 26.0 Å². The fourth-order valence-electron chi connectivity index (χ4n) is 3.43. The minimum atomic E-state index is -0.609. The van der Waals surface area contributed by atoms with Crippen molar-refractivity contribution in [1.82, 2.24) is 15.2 Å². The number of morpholine rings is 1. The van der Waals surface area contributed by atoms with Crippen LogP contribution in [0, 0.1) is 6.92 Å². The van der Waals surface area contributed by atoms with Crippen molar-refractivity contribution < 1.29 is 23.8 Å². The van der Waals surface area contributed by atoms with E-state index < -0.39 is 11.7 Å². The molecule has 1 aliphatic rings. The van der Waals surface area contributed by atoms with Crippen LogP contribution >= 0.6 is 0 Å². The van der Waals surface area contributed by atoms with Gasteiger partial charge in [0, 0.05) is 42.0 Å². The molecule has 1 saturated heterocycles. The number of benzene rings is 1. The molecular formula is C24H31N3O5. The van der Waals surface area contributed by atoms with Gasteiger partial charge in [-0.2, -0.15) is 0 Å². The monoisotopic (exact) mass is 441 g/mol. The van der Waals surface area contributed by atoms with Crippen molar-refractivity contribution in [1.29, 1.82) is 0 Å². The minimum absolute atomic E-state index is 0.102. The first kappa shape index (κ1) is 23.5. The molecule has 1 aliphatic heterocycles. The van der Waals surface area contributed by atoms with Gasteiger partial charge in [0.2, 0.25) is 0 Å². The van der Waals surface area contributed by atoms with E-state index in [1.807, 2.05) is 31.2 Å². The summed E-state index contributed by atoms with van der Waals surface area (Å²) >= 11 is 0. The Morgan fingerprint density at radius 1 is 1.16 bits per heavy atom. The number of alkyl carbamates (subject to hydrolysis) is 1. The number of rotatable bonds is 5. The van der Waals surface area contributed by atoms with Crippen LogP contribution in [0.5, 0.6) is 5.75 Å². The van der Waals surface area contributed by atoms with E-state index in [0.717, 1.165) is 11.3 Å². The molecule has 0 saturated carbocycles. The topological polar surface area (TPSA) is 90.0 Å². The SMILES string of the molecule is COc1ccc(-c2cc(C(=O)N3CCOCC3)c(CNC(=O)OC(C)(C)C)c(C)n2)cc1. The van der Waals surface area contributed by atoms with Crippen LogP contribution in [0.4, 0.5) is 4.79 Å². The first-order valence-corrected chi connectivity index (χ1v) is 10.7. The molecule has 0 radical (unpaired) electrons. The molecule has 8 heteroatoms. The van der Waals surface area contributed by atoms with Crippen molar-refractivity contribution in [2.45, 2.75) is 39.8 Å². The number of methoxy groups -OCH3 is 1. The van der Waals surface area contributed by atoms with Crippen molar-refractivity contribution in [3.63, 3.8) is 0 Å². The zero-order chi connectivity index (χ0) is 23.3. The summed E-state index contributed by atoms with van der Waals surface area (Å²) in [6, 6.07) is 9.31. The molecule has 3 rings (SSSR count). The molecule has 2 aromatic rings. The van der Waals surface area contributed by atoms with Gasteiger partial charge in [0.15, 0.2) is 0 Å². The number of carbonyl (C=O) groups excluding carboxylic acids is 2. The lowest BCUT2D eigenvalue weighted by atomic mass is 10.0. The third-order valence-corrected chi connectivity index (χ3v) is 5.05. The molecular weight excluding hydrogens is 410 g/mol. The van der Waals surface area contributed by atoms with Crippen LogP contribution in [-0.2, 0) is 16.0 Å². The van der Waals surface area contributed by atoms with Gasteiger partial charge >= 0.3 is 6.09 Å². The van der Waals surface area contributed by atoms with Gasteiger partial charge in [0.1, 0.15) is 11.4 Å². The minimum Gasteiger partial charge on any atom is -0.497 e. The number of hydrogen-bond donors (Lipinski definition) is 1. The molecule has 0 spiro atoms. The van der Waals surface area contributed by atoms with E-state index in [2.05, 4.69) is 5.32 Å². The highest BCUT2D eigenvalue weighted by atomic mass is 16.6. The van der Waals surface area contributed by atoms with Gasteiger partial charge in [-0.15, -0.1) is 0 Å². The number of pyridine rings is 1. The third-order valence-electron chi connectivity index (χ3n) is 5.05. The molecule has 1 aromatic carbocycles. The van der Waals surface area contributed by atoms with Gasteiger partial charge in [-0.05, 0) is 58.0 Å². The fraction of sp³-hybridized carbons (Fsp3) is 0.458. The van der Waals surface area contributed by atoms with Crippen LogP contribution in [-0.4, -0.2) is 60.9 Å². The molecule has 1 N–H and O–H groups in total. The Hall–Kier alpha value is -3.13. The molecule has 0 unspecified atom stereocenters. The number of nitrogens with one attached hydrogen (secondary N) is 1. The Labute approximate surface area is 188 Å². The lowest BCUT2D eigenvalue weighted by Gasteiger charge is -2.28. The number of hydrogen-bond acceptors (Lipinski definition) is 6. The van der Waals surface area contributed by atoms with E-state index in [1.165, 1.54) is 0 Å². The highest BCUT2D eigenvalue weighted by molar-refractivity contribution is 5.97. The Kier molecular flexibility index (Phi) is 7.35. The summed E-state index contributed by atoms with van der Waals surface area (Å²) in [5.41, 5.74) is 2.80. The van der Waals surface area contributed by atoms with E-state index in [1.54, 1.807) is 38.8 Å². The fourth-order valence-corrected chi connectivity index (χ4v) is 3.43. The summed E-state index contributed by atoms with van der Waals surface area (Å²) < 4.78 is 16.0. The molecule has 1 fully saturated rings. The number of nitrogens with zero attached hydrogens (tertiary/aromatic N) is 2. The lowest BCUT2D eigenvalue weighted by Crippen LogP contribution is -2.41. The molecule has 8 nitrogen and oxygen atoms in total. The smallest absolute Gasteiger partial charge is 0.407 e. The van der Waals surface area contributed by atoms with Crippen LogP contribution in [0.15, 0.2) is 30.3 Å². The highest BCUT2D eigenvalue weighted by Crippen LogP contribution is 2.26. The van der Waals surface area contributed by atoms with E-state index in [0.29, 0.717) is 48.8 Å². The second-order valence-electron chi connectivity index (χ2n) is 8.61. The van der Waals surface area contributed by atoms with Gasteiger partial charge < -0.3 is 24.4 Å². The summed E-state index contributed by atoms with van der Waals surface area (Å²) in [4.78, 5) is 32.1. The maximum atomic E-state index is 13.4. The molecule has 172 valence electrons. The van der Waals surface area contributed by atoms with Crippen molar-refractivity contribution in [3.8, 4) is 17.0 Å². The number of amides is 2. The maximum absolute atomic E-state index is 13.4. The van der Waals surface area contributed by atoms with Crippen molar-refractivity contribution in [2.75, 3.05) is 33.4 Å². The van der Waals surface area contributed by atoms with Crippen molar-refractivity contribution in [2.24, 2.45) is 0 Å². The zero-order valence-electron chi connectivity index (χ0n) is 19.4. The average molecular weight is 442 g/mol. The molecule has 0 atom stereocenters. The van der Waals surface area contributed by atoms with E-state index >= 15 is 0 Å². The summed E-state index contributed by atoms with van der Waals surface area (Å²) in [6.45, 7) is 9.45. The van der Waals surface area contributed by atoms with Crippen LogP contribution in [0.3, 0.4) is 0 Å². The Balaban J connectivity index is 1.94. The molecule has 32 heavy (non-hydrogen) atoms. The predicted octanol–water partition coefficient (Wildman–Crippen LogP) is 3.56. The summed E-state index contributed by atoms with van der Waals surface area (Å²) in [5.74, 6) is 0.641. The van der Waals surface area contributed by atoms with E-state index in [4.69, 9.17) is 19.2 Å². The molecule has 0 aliphatic carbocycles. The normalized spacial score (nSPS) is 14.1. The summed E-state index contributed by atoms with van der Waals surface area (Å²) in [5, 5.41) is 2.76. The van der Waals surface area contributed by atoms with Gasteiger partial charge in [0.25, 0.3) is 5.91 Å². The average Bonchev–Trinajstić information content (AvgIpc) is 2.76. The number of aromatic nitrogens is 1. The number of ether oxygens (including phenoxy) is 3. The lowest BCUT2D eigenvalue weighted by molar-refractivity contribution is 0.0301. The summed E-state index contributed by atoms with van der Waals surface area (Å²) in [6.07, 6.45) is -0.541. The van der Waals surface area contributed by atoms with Crippen molar-refractivity contribution in [3.05, 3.63) is 47.2 Å². The predicted molar refractivity (Wildman–Crippen MR) is 121 cm³/mol. The van der Waals surface area contributed by atoms with E-state index in [9.17, 15) is 9.59 Å². The first-order valence-electron chi connectivity index (χ1n) is 10.7. The van der Waals surface area contributed by atoms with Crippen LogP contribution in [0.1, 0.15) is 42.4 Å². The van der Waals surface area contributed by atoms with Crippen LogP contribution < -0.4 is 10.1 Å². The van der Waals surface area contributed by atoms with E-state index in [-0.39, 0.29) is 12.5 Å². The molecule has 2 amide bonds. The third kappa shape index (κ3) is 5.97. The van der Waals surface area contributed by atoms with Crippen LogP contribution in [0.25, 0.3) is 11.3 Å². The number of aryl methyl sites for hydroxylation is 1. The van der Waals surface area contributed by atoms with Crippen LogP contribution in [0.2, 0.25) is 0 Å². The quantitative estimate of drug-likeness (QED) is 0.763. The molecule has 0 bridgehead atoms.